The van der Waals surface area contributed by atoms with Gasteiger partial charge >= 0.3 is 5.97 Å². The Balaban J connectivity index is 2.21. The molecule has 1 fully saturated rings. The van der Waals surface area contributed by atoms with Crippen molar-refractivity contribution >= 4 is 5.97 Å². The second-order valence-corrected chi connectivity index (χ2v) is 4.31. The van der Waals surface area contributed by atoms with Gasteiger partial charge in [-0.05, 0) is 11.5 Å². The molecule has 0 saturated carbocycles. The van der Waals surface area contributed by atoms with Crippen LogP contribution in [0.25, 0.3) is 0 Å². The second-order valence-electron chi connectivity index (χ2n) is 4.31. The van der Waals surface area contributed by atoms with E-state index < -0.39 is 12.0 Å². The molecule has 0 spiro atoms. The molecule has 3 atom stereocenters. The number of hydrogen-bond donors (Lipinski definition) is 2. The molecule has 0 amide bonds. The highest BCUT2D eigenvalue weighted by atomic mass is 16.4. The van der Waals surface area contributed by atoms with Crippen LogP contribution in [0.1, 0.15) is 24.8 Å². The minimum Gasteiger partial charge on any atom is -0.480 e. The van der Waals surface area contributed by atoms with E-state index in [-0.39, 0.29) is 5.92 Å². The lowest BCUT2D eigenvalue weighted by Gasteiger charge is -2.20. The van der Waals surface area contributed by atoms with Gasteiger partial charge in [-0.1, -0.05) is 43.7 Å². The smallest absolute Gasteiger partial charge is 0.321 e. The summed E-state index contributed by atoms with van der Waals surface area (Å²) in [6, 6.07) is 9.78. The summed E-state index contributed by atoms with van der Waals surface area (Å²) in [5.41, 5.74) is 1.24. The van der Waals surface area contributed by atoms with Crippen LogP contribution in [0.3, 0.4) is 0 Å². The van der Waals surface area contributed by atoms with E-state index in [9.17, 15) is 4.79 Å². The van der Waals surface area contributed by atoms with Gasteiger partial charge in [0.25, 0.3) is 0 Å². The predicted octanol–water partition coefficient (Wildman–Crippen LogP) is 1.85. The Bertz CT molecular complexity index is 363. The number of aliphatic carboxylic acids is 1. The Morgan fingerprint density at radius 2 is 2.12 bits per heavy atom. The van der Waals surface area contributed by atoms with Gasteiger partial charge in [0.2, 0.25) is 0 Å². The molecule has 16 heavy (non-hydrogen) atoms. The number of carbonyl (C=O) groups is 1. The maximum atomic E-state index is 11.1. The first-order valence-electron chi connectivity index (χ1n) is 5.75. The van der Waals surface area contributed by atoms with Crippen LogP contribution in [0.5, 0.6) is 0 Å². The Kier molecular flexibility index (Phi) is 3.25. The Morgan fingerprint density at radius 1 is 1.44 bits per heavy atom. The molecule has 86 valence electrons. The van der Waals surface area contributed by atoms with Gasteiger partial charge in [-0.2, -0.15) is 0 Å². The van der Waals surface area contributed by atoms with Crippen LogP contribution in [0, 0.1) is 5.92 Å². The Labute approximate surface area is 95.5 Å². The zero-order valence-electron chi connectivity index (χ0n) is 9.39. The molecular weight excluding hydrogens is 202 g/mol. The molecule has 1 aliphatic rings. The van der Waals surface area contributed by atoms with Crippen molar-refractivity contribution in [2.24, 2.45) is 5.92 Å². The summed E-state index contributed by atoms with van der Waals surface area (Å²) in [4.78, 5) is 11.1. The van der Waals surface area contributed by atoms with Crippen molar-refractivity contribution in [2.45, 2.75) is 25.3 Å². The van der Waals surface area contributed by atoms with Crippen LogP contribution in [-0.2, 0) is 4.79 Å². The fraction of sp³-hybridized carbons (Fsp3) is 0.462. The van der Waals surface area contributed by atoms with E-state index >= 15 is 0 Å². The van der Waals surface area contributed by atoms with Gasteiger partial charge in [0, 0.05) is 12.5 Å². The fourth-order valence-electron chi connectivity index (χ4n) is 2.64. The highest BCUT2D eigenvalue weighted by Crippen LogP contribution is 2.33. The average molecular weight is 219 g/mol. The molecule has 0 unspecified atom stereocenters. The van der Waals surface area contributed by atoms with Crippen molar-refractivity contribution in [1.29, 1.82) is 0 Å². The molecular formula is C13H17NO2. The van der Waals surface area contributed by atoms with Gasteiger partial charge in [-0.25, -0.2) is 0 Å². The van der Waals surface area contributed by atoms with Crippen LogP contribution < -0.4 is 5.32 Å². The van der Waals surface area contributed by atoms with Crippen molar-refractivity contribution in [3.8, 4) is 0 Å². The number of benzene rings is 1. The molecule has 3 nitrogen and oxygen atoms in total. The third kappa shape index (κ3) is 1.95. The van der Waals surface area contributed by atoms with Crippen molar-refractivity contribution in [3.63, 3.8) is 0 Å². The van der Waals surface area contributed by atoms with E-state index in [0.717, 1.165) is 13.0 Å². The van der Waals surface area contributed by atoms with Gasteiger partial charge < -0.3 is 10.4 Å². The highest BCUT2D eigenvalue weighted by Gasteiger charge is 2.39. The summed E-state index contributed by atoms with van der Waals surface area (Å²) in [5.74, 6) is -0.211. The van der Waals surface area contributed by atoms with Crippen molar-refractivity contribution in [1.82, 2.24) is 5.32 Å². The van der Waals surface area contributed by atoms with E-state index in [1.54, 1.807) is 0 Å². The van der Waals surface area contributed by atoms with Gasteiger partial charge in [-0.3, -0.25) is 4.79 Å². The molecule has 0 aromatic heterocycles. The number of rotatable bonds is 3. The standard InChI is InChI=1S/C13H17NO2/c1-2-10-11(8-14-12(10)13(15)16)9-6-4-3-5-7-9/h3-7,10-12,14H,2,8H2,1H3,(H,15,16)/t10-,11-,12+/m1/s1. The average Bonchev–Trinajstić information content (AvgIpc) is 2.73. The summed E-state index contributed by atoms with van der Waals surface area (Å²) in [5, 5.41) is 12.2. The molecule has 1 aromatic carbocycles. The summed E-state index contributed by atoms with van der Waals surface area (Å²) in [7, 11) is 0. The summed E-state index contributed by atoms with van der Waals surface area (Å²) >= 11 is 0. The quantitative estimate of drug-likeness (QED) is 0.815. The van der Waals surface area contributed by atoms with Crippen LogP contribution in [0.15, 0.2) is 30.3 Å². The van der Waals surface area contributed by atoms with Gasteiger partial charge in [0.15, 0.2) is 0 Å². The fourth-order valence-corrected chi connectivity index (χ4v) is 2.64. The molecule has 2 N–H and O–H groups in total. The van der Waals surface area contributed by atoms with E-state index in [4.69, 9.17) is 5.11 Å². The lowest BCUT2D eigenvalue weighted by molar-refractivity contribution is -0.140. The summed E-state index contributed by atoms with van der Waals surface area (Å²) in [6.07, 6.45) is 0.892. The molecule has 0 bridgehead atoms. The monoisotopic (exact) mass is 219 g/mol. The van der Waals surface area contributed by atoms with E-state index in [1.807, 2.05) is 18.2 Å². The van der Waals surface area contributed by atoms with E-state index in [1.165, 1.54) is 5.56 Å². The number of carboxylic acid groups (broad SMARTS) is 1. The lowest BCUT2D eigenvalue weighted by Crippen LogP contribution is -2.35. The van der Waals surface area contributed by atoms with Crippen molar-refractivity contribution in [3.05, 3.63) is 35.9 Å². The summed E-state index contributed by atoms with van der Waals surface area (Å²) < 4.78 is 0. The van der Waals surface area contributed by atoms with Gasteiger partial charge in [-0.15, -0.1) is 0 Å². The normalized spacial score (nSPS) is 29.2. The number of hydrogen-bond acceptors (Lipinski definition) is 2. The van der Waals surface area contributed by atoms with E-state index in [2.05, 4.69) is 24.4 Å². The molecule has 0 radical (unpaired) electrons. The van der Waals surface area contributed by atoms with Crippen LogP contribution in [-0.4, -0.2) is 23.7 Å². The summed E-state index contributed by atoms with van der Waals surface area (Å²) in [6.45, 7) is 2.82. The van der Waals surface area contributed by atoms with Crippen molar-refractivity contribution < 1.29 is 9.90 Å². The maximum absolute atomic E-state index is 11.1. The van der Waals surface area contributed by atoms with Crippen molar-refractivity contribution in [2.75, 3.05) is 6.54 Å². The third-order valence-electron chi connectivity index (χ3n) is 3.47. The van der Waals surface area contributed by atoms with Gasteiger partial charge in [0.05, 0.1) is 0 Å². The molecule has 1 saturated heterocycles. The Morgan fingerprint density at radius 3 is 2.69 bits per heavy atom. The SMILES string of the molecule is CC[C@H]1[C@@H](C(=O)O)NC[C@@H]1c1ccccc1. The minimum absolute atomic E-state index is 0.194. The largest absolute Gasteiger partial charge is 0.480 e. The molecule has 1 heterocycles. The predicted molar refractivity (Wildman–Crippen MR) is 62.4 cm³/mol. The number of nitrogens with one attached hydrogen (secondary N) is 1. The topological polar surface area (TPSA) is 49.3 Å². The molecule has 1 aliphatic heterocycles. The van der Waals surface area contributed by atoms with Crippen LogP contribution >= 0.6 is 0 Å². The Hall–Kier alpha value is -1.35. The van der Waals surface area contributed by atoms with Crippen LogP contribution in [0.4, 0.5) is 0 Å². The molecule has 2 rings (SSSR count). The zero-order valence-corrected chi connectivity index (χ0v) is 9.39. The third-order valence-corrected chi connectivity index (χ3v) is 3.47. The van der Waals surface area contributed by atoms with Crippen LogP contribution in [0.2, 0.25) is 0 Å². The zero-order chi connectivity index (χ0) is 11.5. The first-order valence-corrected chi connectivity index (χ1v) is 5.75. The maximum Gasteiger partial charge on any atom is 0.321 e. The lowest BCUT2D eigenvalue weighted by atomic mass is 9.83. The second kappa shape index (κ2) is 4.66. The minimum atomic E-state index is -0.731. The molecule has 0 aliphatic carbocycles. The number of carboxylic acids is 1. The first-order chi connectivity index (χ1) is 7.74. The molecule has 3 heteroatoms. The highest BCUT2D eigenvalue weighted by molar-refractivity contribution is 5.74. The van der Waals surface area contributed by atoms with E-state index in [0.29, 0.717) is 5.92 Å². The first kappa shape index (κ1) is 11.1. The van der Waals surface area contributed by atoms with Gasteiger partial charge in [0.1, 0.15) is 6.04 Å². The molecule has 1 aromatic rings.